The number of nitrogens with one attached hydrogen (secondary N) is 1. The molecule has 0 aliphatic heterocycles. The minimum Gasteiger partial charge on any atom is -0.493 e. The van der Waals surface area contributed by atoms with Crippen molar-refractivity contribution in [2.24, 2.45) is 4.99 Å². The van der Waals surface area contributed by atoms with Crippen molar-refractivity contribution >= 4 is 33.8 Å². The Kier molecular flexibility index (Phi) is 5.27. The van der Waals surface area contributed by atoms with Crippen molar-refractivity contribution in [2.45, 2.75) is 6.92 Å². The van der Waals surface area contributed by atoms with Crippen molar-refractivity contribution in [3.8, 4) is 11.6 Å². The van der Waals surface area contributed by atoms with Gasteiger partial charge in [-0.1, -0.05) is 22.0 Å². The number of aromatic carboxylic acids is 1. The summed E-state index contributed by atoms with van der Waals surface area (Å²) in [5.41, 5.74) is -0.349. The second-order valence-electron chi connectivity index (χ2n) is 5.88. The molecule has 0 atom stereocenters. The van der Waals surface area contributed by atoms with Crippen LogP contribution in [-0.4, -0.2) is 31.9 Å². The number of carboxylic acids is 1. The highest BCUT2D eigenvalue weighted by molar-refractivity contribution is 9.10. The normalized spacial score (nSPS) is 11.1. The van der Waals surface area contributed by atoms with Crippen LogP contribution in [0.15, 0.2) is 61.5 Å². The minimum atomic E-state index is -1.11. The van der Waals surface area contributed by atoms with Crippen LogP contribution in [0.5, 0.6) is 5.88 Å². The third-order valence-corrected chi connectivity index (χ3v) is 4.85. The summed E-state index contributed by atoms with van der Waals surface area (Å²) in [6.07, 6.45) is 1.08. The molecule has 28 heavy (non-hydrogen) atoms. The Bertz CT molecular complexity index is 1230. The van der Waals surface area contributed by atoms with Gasteiger partial charge in [0.1, 0.15) is 5.56 Å². The number of benzene rings is 2. The van der Waals surface area contributed by atoms with Gasteiger partial charge < -0.3 is 10.2 Å². The zero-order chi connectivity index (χ0) is 20.4. The molecule has 0 bridgehead atoms. The van der Waals surface area contributed by atoms with Crippen LogP contribution in [0.25, 0.3) is 5.69 Å². The van der Waals surface area contributed by atoms with Crippen LogP contribution in [0.2, 0.25) is 0 Å². The van der Waals surface area contributed by atoms with Gasteiger partial charge >= 0.3 is 11.7 Å². The zero-order valence-electron chi connectivity index (χ0n) is 14.5. The summed E-state index contributed by atoms with van der Waals surface area (Å²) in [4.78, 5) is 41.6. The molecule has 0 radical (unpaired) electrons. The highest BCUT2D eigenvalue weighted by atomic mass is 79.9. The third-order valence-electron chi connectivity index (χ3n) is 3.96. The number of aromatic hydroxyl groups is 1. The second kappa shape index (κ2) is 7.65. The van der Waals surface area contributed by atoms with E-state index < -0.39 is 23.1 Å². The number of carbonyl (C=O) groups is 1. The van der Waals surface area contributed by atoms with E-state index in [1.165, 1.54) is 18.2 Å². The third kappa shape index (κ3) is 3.79. The summed E-state index contributed by atoms with van der Waals surface area (Å²) in [5.74, 6) is -1.69. The lowest BCUT2D eigenvalue weighted by molar-refractivity contribution is 0.0697. The molecule has 3 N–H and O–H groups in total. The molecule has 1 aromatic heterocycles. The first kappa shape index (κ1) is 19.3. The van der Waals surface area contributed by atoms with Crippen LogP contribution in [-0.2, 0) is 0 Å². The van der Waals surface area contributed by atoms with Gasteiger partial charge in [0.2, 0.25) is 5.88 Å². The lowest BCUT2D eigenvalue weighted by Gasteiger charge is -2.11. The van der Waals surface area contributed by atoms with Crippen LogP contribution in [0.1, 0.15) is 21.5 Å². The summed E-state index contributed by atoms with van der Waals surface area (Å²) in [6, 6.07) is 10.8. The summed E-state index contributed by atoms with van der Waals surface area (Å²) in [7, 11) is 0. The summed E-state index contributed by atoms with van der Waals surface area (Å²) in [5, 5.41) is 19.6. The molecular weight excluding hydrogens is 430 g/mol. The first-order valence-corrected chi connectivity index (χ1v) is 8.79. The number of halogens is 1. The van der Waals surface area contributed by atoms with E-state index in [-0.39, 0.29) is 16.8 Å². The van der Waals surface area contributed by atoms with E-state index in [0.717, 1.165) is 20.8 Å². The number of aromatic nitrogens is 2. The van der Waals surface area contributed by atoms with E-state index in [9.17, 15) is 19.5 Å². The van der Waals surface area contributed by atoms with Crippen molar-refractivity contribution in [1.82, 2.24) is 9.55 Å². The van der Waals surface area contributed by atoms with E-state index in [1.54, 1.807) is 24.3 Å². The summed E-state index contributed by atoms with van der Waals surface area (Å²) in [6.45, 7) is 1.82. The predicted molar refractivity (Wildman–Crippen MR) is 107 cm³/mol. The van der Waals surface area contributed by atoms with Crippen LogP contribution < -0.4 is 11.2 Å². The molecule has 142 valence electrons. The van der Waals surface area contributed by atoms with Crippen LogP contribution in [0.4, 0.5) is 5.69 Å². The first-order chi connectivity index (χ1) is 13.3. The number of aromatic amines is 1. The molecule has 0 saturated carbocycles. The molecule has 0 spiro atoms. The largest absolute Gasteiger partial charge is 0.493 e. The minimum absolute atomic E-state index is 0.0306. The van der Waals surface area contributed by atoms with Gasteiger partial charge in [0.25, 0.3) is 5.56 Å². The highest BCUT2D eigenvalue weighted by Gasteiger charge is 2.15. The average Bonchev–Trinajstić information content (AvgIpc) is 2.64. The van der Waals surface area contributed by atoms with Crippen molar-refractivity contribution in [3.63, 3.8) is 0 Å². The Morgan fingerprint density at radius 1 is 1.21 bits per heavy atom. The molecule has 0 unspecified atom stereocenters. The fourth-order valence-electron chi connectivity index (χ4n) is 2.52. The molecule has 0 aliphatic carbocycles. The smallest absolute Gasteiger partial charge is 0.335 e. The number of nitrogens with zero attached hydrogens (tertiary/aromatic N) is 2. The topological polar surface area (TPSA) is 125 Å². The van der Waals surface area contributed by atoms with Gasteiger partial charge in [-0.15, -0.1) is 0 Å². The second-order valence-corrected chi connectivity index (χ2v) is 6.73. The van der Waals surface area contributed by atoms with Crippen molar-refractivity contribution in [3.05, 3.63) is 84.5 Å². The zero-order valence-corrected chi connectivity index (χ0v) is 16.1. The molecule has 0 fully saturated rings. The van der Waals surface area contributed by atoms with Crippen LogP contribution in [0, 0.1) is 6.92 Å². The molecule has 2 aromatic carbocycles. The number of rotatable bonds is 4. The SMILES string of the molecule is Cc1cc(-n2c(O)c(C=Nc3cccc(C(=O)O)c3)c(=O)[nH]c2=O)ccc1Br. The Morgan fingerprint density at radius 3 is 2.64 bits per heavy atom. The number of hydrogen-bond donors (Lipinski definition) is 3. The van der Waals surface area contributed by atoms with Gasteiger partial charge in [0.15, 0.2) is 0 Å². The lowest BCUT2D eigenvalue weighted by Crippen LogP contribution is -2.31. The van der Waals surface area contributed by atoms with Gasteiger partial charge in [0.05, 0.1) is 16.9 Å². The van der Waals surface area contributed by atoms with E-state index in [4.69, 9.17) is 5.11 Å². The van der Waals surface area contributed by atoms with E-state index in [0.29, 0.717) is 5.69 Å². The molecule has 9 heteroatoms. The average molecular weight is 444 g/mol. The number of hydrogen-bond acceptors (Lipinski definition) is 5. The monoisotopic (exact) mass is 443 g/mol. The molecule has 8 nitrogen and oxygen atoms in total. The Hall–Kier alpha value is -3.46. The van der Waals surface area contributed by atoms with Gasteiger partial charge in [-0.25, -0.2) is 14.2 Å². The number of aryl methyl sites for hydroxylation is 1. The molecule has 0 saturated heterocycles. The molecule has 1 heterocycles. The van der Waals surface area contributed by atoms with Crippen molar-refractivity contribution < 1.29 is 15.0 Å². The van der Waals surface area contributed by atoms with Gasteiger partial charge in [-0.2, -0.15) is 0 Å². The van der Waals surface area contributed by atoms with E-state index >= 15 is 0 Å². The fourth-order valence-corrected chi connectivity index (χ4v) is 2.77. The summed E-state index contributed by atoms with van der Waals surface area (Å²) >= 11 is 3.36. The van der Waals surface area contributed by atoms with Crippen molar-refractivity contribution in [1.29, 1.82) is 0 Å². The Labute approximate surface area is 166 Å². The van der Waals surface area contributed by atoms with Crippen LogP contribution >= 0.6 is 15.9 Å². The van der Waals surface area contributed by atoms with Gasteiger partial charge in [-0.05, 0) is 48.9 Å². The number of carboxylic acid groups (broad SMARTS) is 1. The number of aliphatic imine (C=N–C) groups is 1. The predicted octanol–water partition coefficient (Wildman–Crippen LogP) is 2.75. The van der Waals surface area contributed by atoms with E-state index in [2.05, 4.69) is 25.9 Å². The molecular formula is C19H14BrN3O5. The van der Waals surface area contributed by atoms with Gasteiger partial charge in [-0.3, -0.25) is 14.8 Å². The maximum absolute atomic E-state index is 12.2. The molecule has 0 aliphatic rings. The molecule has 0 amide bonds. The Morgan fingerprint density at radius 2 is 1.96 bits per heavy atom. The fraction of sp³-hybridized carbons (Fsp3) is 0.0526. The highest BCUT2D eigenvalue weighted by Crippen LogP contribution is 2.22. The van der Waals surface area contributed by atoms with Gasteiger partial charge in [0, 0.05) is 10.7 Å². The van der Waals surface area contributed by atoms with Crippen molar-refractivity contribution in [2.75, 3.05) is 0 Å². The lowest BCUT2D eigenvalue weighted by atomic mass is 10.2. The first-order valence-electron chi connectivity index (χ1n) is 8.00. The maximum atomic E-state index is 12.2. The molecule has 3 rings (SSSR count). The maximum Gasteiger partial charge on any atom is 0.335 e. The standard InChI is InChI=1S/C19H14BrN3O5/c1-10-7-13(5-6-15(10)20)23-17(25)14(16(24)22-19(23)28)9-21-12-4-2-3-11(8-12)18(26)27/h2-9,25H,1H3,(H,26,27)(H,22,24,28). The number of H-pyrrole nitrogens is 1. The van der Waals surface area contributed by atoms with E-state index in [1.807, 2.05) is 6.92 Å². The Balaban J connectivity index is 2.11. The van der Waals surface area contributed by atoms with Crippen LogP contribution in [0.3, 0.4) is 0 Å². The summed E-state index contributed by atoms with van der Waals surface area (Å²) < 4.78 is 1.78. The quantitative estimate of drug-likeness (QED) is 0.534. The molecule has 3 aromatic rings.